The third-order valence-corrected chi connectivity index (χ3v) is 3.86. The molecule has 0 aromatic heterocycles. The molecule has 3 nitrogen and oxygen atoms in total. The lowest BCUT2D eigenvalue weighted by Crippen LogP contribution is -2.09. The van der Waals surface area contributed by atoms with Crippen molar-refractivity contribution in [3.8, 4) is 11.5 Å². The SMILES string of the molecule is [CH2]c1ccc(N(c2ccc(OC)cc2)c2ccc(OC)cc2)cc1. The molecule has 0 spiro atoms. The lowest BCUT2D eigenvalue weighted by Gasteiger charge is -2.25. The van der Waals surface area contributed by atoms with Gasteiger partial charge in [-0.05, 0) is 73.2 Å². The van der Waals surface area contributed by atoms with Gasteiger partial charge in [-0.2, -0.15) is 0 Å². The van der Waals surface area contributed by atoms with E-state index < -0.39 is 0 Å². The summed E-state index contributed by atoms with van der Waals surface area (Å²) in [6, 6.07) is 24.2. The van der Waals surface area contributed by atoms with Crippen molar-refractivity contribution in [1.82, 2.24) is 0 Å². The van der Waals surface area contributed by atoms with Crippen LogP contribution in [-0.4, -0.2) is 14.2 Å². The van der Waals surface area contributed by atoms with Crippen LogP contribution in [0.1, 0.15) is 5.56 Å². The number of benzene rings is 3. The molecule has 121 valence electrons. The lowest BCUT2D eigenvalue weighted by atomic mass is 10.1. The predicted molar refractivity (Wildman–Crippen MR) is 98.7 cm³/mol. The van der Waals surface area contributed by atoms with E-state index in [4.69, 9.17) is 9.47 Å². The van der Waals surface area contributed by atoms with Gasteiger partial charge in [0.1, 0.15) is 11.5 Å². The molecule has 3 rings (SSSR count). The number of anilines is 3. The van der Waals surface area contributed by atoms with Crippen molar-refractivity contribution in [3.63, 3.8) is 0 Å². The van der Waals surface area contributed by atoms with Crippen molar-refractivity contribution in [3.05, 3.63) is 85.3 Å². The third kappa shape index (κ3) is 3.35. The first-order valence-electron chi connectivity index (χ1n) is 7.71. The van der Waals surface area contributed by atoms with Gasteiger partial charge in [0.05, 0.1) is 14.2 Å². The number of nitrogens with zero attached hydrogens (tertiary/aromatic N) is 1. The molecule has 0 amide bonds. The fraction of sp³-hybridized carbons (Fsp3) is 0.0952. The second-order valence-corrected chi connectivity index (χ2v) is 5.40. The van der Waals surface area contributed by atoms with Crippen LogP contribution in [0.25, 0.3) is 0 Å². The summed E-state index contributed by atoms with van der Waals surface area (Å²) in [6.07, 6.45) is 0. The molecule has 3 aromatic carbocycles. The Kier molecular flexibility index (Phi) is 4.71. The maximum atomic E-state index is 5.26. The minimum atomic E-state index is 0.835. The van der Waals surface area contributed by atoms with Crippen LogP contribution in [0.4, 0.5) is 17.1 Å². The van der Waals surface area contributed by atoms with Crippen molar-refractivity contribution >= 4 is 17.1 Å². The summed E-state index contributed by atoms with van der Waals surface area (Å²) in [4.78, 5) is 2.18. The van der Waals surface area contributed by atoms with Gasteiger partial charge in [-0.3, -0.25) is 0 Å². The van der Waals surface area contributed by atoms with E-state index in [1.807, 2.05) is 60.7 Å². The molecule has 0 unspecified atom stereocenters. The Hall–Kier alpha value is -2.94. The molecule has 0 atom stereocenters. The van der Waals surface area contributed by atoms with Gasteiger partial charge in [-0.1, -0.05) is 12.1 Å². The Morgan fingerprint density at radius 2 is 0.917 bits per heavy atom. The zero-order valence-electron chi connectivity index (χ0n) is 13.9. The Balaban J connectivity index is 2.06. The van der Waals surface area contributed by atoms with Crippen LogP contribution in [0.5, 0.6) is 11.5 Å². The van der Waals surface area contributed by atoms with Crippen LogP contribution < -0.4 is 14.4 Å². The van der Waals surface area contributed by atoms with Gasteiger partial charge >= 0.3 is 0 Å². The molecule has 0 saturated carbocycles. The molecule has 24 heavy (non-hydrogen) atoms. The van der Waals surface area contributed by atoms with E-state index in [9.17, 15) is 0 Å². The van der Waals surface area contributed by atoms with E-state index in [0.717, 1.165) is 34.1 Å². The zero-order valence-corrected chi connectivity index (χ0v) is 13.9. The smallest absolute Gasteiger partial charge is 0.119 e. The minimum Gasteiger partial charge on any atom is -0.497 e. The molecular weight excluding hydrogens is 298 g/mol. The van der Waals surface area contributed by atoms with Gasteiger partial charge in [0.25, 0.3) is 0 Å². The van der Waals surface area contributed by atoms with Crippen LogP contribution in [0.3, 0.4) is 0 Å². The van der Waals surface area contributed by atoms with Crippen LogP contribution in [0.15, 0.2) is 72.8 Å². The molecule has 0 bridgehead atoms. The monoisotopic (exact) mass is 318 g/mol. The number of hydrogen-bond donors (Lipinski definition) is 0. The summed E-state index contributed by atoms with van der Waals surface area (Å²) >= 11 is 0. The van der Waals surface area contributed by atoms with Gasteiger partial charge in [0.15, 0.2) is 0 Å². The van der Waals surface area contributed by atoms with Gasteiger partial charge in [0.2, 0.25) is 0 Å². The molecule has 3 aromatic rings. The van der Waals surface area contributed by atoms with Crippen molar-refractivity contribution < 1.29 is 9.47 Å². The average molecular weight is 318 g/mol. The first-order valence-corrected chi connectivity index (χ1v) is 7.71. The van der Waals surface area contributed by atoms with E-state index in [2.05, 4.69) is 24.0 Å². The summed E-state index contributed by atoms with van der Waals surface area (Å²) in [5.41, 5.74) is 4.16. The predicted octanol–water partition coefficient (Wildman–Crippen LogP) is 5.36. The fourth-order valence-electron chi connectivity index (χ4n) is 2.55. The van der Waals surface area contributed by atoms with Crippen LogP contribution in [0, 0.1) is 6.92 Å². The molecule has 0 saturated heterocycles. The highest BCUT2D eigenvalue weighted by molar-refractivity contribution is 5.77. The molecule has 0 N–H and O–H groups in total. The van der Waals surface area contributed by atoms with E-state index in [-0.39, 0.29) is 0 Å². The highest BCUT2D eigenvalue weighted by Gasteiger charge is 2.12. The first kappa shape index (κ1) is 15.9. The molecule has 0 aliphatic rings. The van der Waals surface area contributed by atoms with Crippen LogP contribution >= 0.6 is 0 Å². The second-order valence-electron chi connectivity index (χ2n) is 5.40. The molecule has 3 heteroatoms. The fourth-order valence-corrected chi connectivity index (χ4v) is 2.55. The largest absolute Gasteiger partial charge is 0.497 e. The van der Waals surface area contributed by atoms with Crippen molar-refractivity contribution in [2.45, 2.75) is 0 Å². The van der Waals surface area contributed by atoms with Crippen molar-refractivity contribution in [2.75, 3.05) is 19.1 Å². The first-order chi connectivity index (χ1) is 11.7. The van der Waals surface area contributed by atoms with Crippen molar-refractivity contribution in [1.29, 1.82) is 0 Å². The Bertz CT molecular complexity index is 730. The lowest BCUT2D eigenvalue weighted by molar-refractivity contribution is 0.415. The summed E-state index contributed by atoms with van der Waals surface area (Å²) < 4.78 is 10.5. The minimum absolute atomic E-state index is 0.835. The number of hydrogen-bond acceptors (Lipinski definition) is 3. The van der Waals surface area contributed by atoms with Gasteiger partial charge in [0, 0.05) is 17.1 Å². The molecular formula is C21H20NO2. The normalized spacial score (nSPS) is 10.3. The molecule has 0 fully saturated rings. The van der Waals surface area contributed by atoms with Crippen LogP contribution in [-0.2, 0) is 0 Å². The second kappa shape index (κ2) is 7.09. The van der Waals surface area contributed by atoms with Gasteiger partial charge in [-0.25, -0.2) is 0 Å². The van der Waals surface area contributed by atoms with Crippen LogP contribution in [0.2, 0.25) is 0 Å². The Morgan fingerprint density at radius 1 is 0.583 bits per heavy atom. The molecule has 0 heterocycles. The van der Waals surface area contributed by atoms with E-state index in [1.54, 1.807) is 14.2 Å². The highest BCUT2D eigenvalue weighted by Crippen LogP contribution is 2.35. The van der Waals surface area contributed by atoms with Gasteiger partial charge < -0.3 is 14.4 Å². The summed E-state index contributed by atoms with van der Waals surface area (Å²) in [5.74, 6) is 1.67. The molecule has 0 aliphatic carbocycles. The zero-order chi connectivity index (χ0) is 16.9. The average Bonchev–Trinajstić information content (AvgIpc) is 2.64. The topological polar surface area (TPSA) is 21.7 Å². The maximum Gasteiger partial charge on any atom is 0.119 e. The molecule has 1 radical (unpaired) electrons. The Labute approximate surface area is 143 Å². The summed E-state index contributed by atoms with van der Waals surface area (Å²) in [6.45, 7) is 3.96. The third-order valence-electron chi connectivity index (χ3n) is 3.86. The molecule has 0 aliphatic heterocycles. The standard InChI is InChI=1S/C21H20NO2/c1-16-4-6-17(7-5-16)22(18-8-12-20(23-2)13-9-18)19-10-14-21(24-3)15-11-19/h4-15H,1H2,2-3H3. The van der Waals surface area contributed by atoms with E-state index >= 15 is 0 Å². The summed E-state index contributed by atoms with van der Waals surface area (Å²) in [5, 5.41) is 0. The Morgan fingerprint density at radius 3 is 1.25 bits per heavy atom. The van der Waals surface area contributed by atoms with E-state index in [1.165, 1.54) is 0 Å². The number of methoxy groups -OCH3 is 2. The number of ether oxygens (including phenoxy) is 2. The highest BCUT2D eigenvalue weighted by atomic mass is 16.5. The quantitative estimate of drug-likeness (QED) is 0.632. The maximum absolute atomic E-state index is 5.26. The van der Waals surface area contributed by atoms with E-state index in [0.29, 0.717) is 0 Å². The van der Waals surface area contributed by atoms with Crippen molar-refractivity contribution in [2.24, 2.45) is 0 Å². The summed E-state index contributed by atoms with van der Waals surface area (Å²) in [7, 11) is 3.34. The number of rotatable bonds is 5. The van der Waals surface area contributed by atoms with Gasteiger partial charge in [-0.15, -0.1) is 0 Å².